The largest absolute Gasteiger partial charge is 0.481 e. The summed E-state index contributed by atoms with van der Waals surface area (Å²) in [5, 5.41) is 6.00. The summed E-state index contributed by atoms with van der Waals surface area (Å²) in [6.07, 6.45) is 1.84. The van der Waals surface area contributed by atoms with Gasteiger partial charge in [0.15, 0.2) is 0 Å². The highest BCUT2D eigenvalue weighted by atomic mass is 16.5. The molecule has 2 aromatic carbocycles. The molecule has 21 heavy (non-hydrogen) atoms. The Morgan fingerprint density at radius 3 is 2.43 bits per heavy atom. The molecule has 1 aromatic heterocycles. The number of hydrogen-bond donors (Lipinski definition) is 1. The van der Waals surface area contributed by atoms with Crippen LogP contribution in [0.15, 0.2) is 60.8 Å². The summed E-state index contributed by atoms with van der Waals surface area (Å²) in [7, 11) is 1.62. The number of nitrogens with one attached hydrogen (secondary N) is 1. The molecule has 3 nitrogen and oxygen atoms in total. The van der Waals surface area contributed by atoms with Crippen molar-refractivity contribution >= 4 is 10.8 Å². The van der Waals surface area contributed by atoms with Gasteiger partial charge in [0, 0.05) is 25.4 Å². The highest BCUT2D eigenvalue weighted by Crippen LogP contribution is 2.15. The van der Waals surface area contributed by atoms with Gasteiger partial charge in [0.2, 0.25) is 5.88 Å². The standard InChI is InChI=1S/C18H18N2O/c1-21-18-9-7-15(13-20-18)12-19-11-14-6-8-16-4-2-3-5-17(16)10-14/h2-10,13,19H,11-12H2,1H3. The fourth-order valence-electron chi connectivity index (χ4n) is 2.34. The first kappa shape index (κ1) is 13.6. The second kappa shape index (κ2) is 6.37. The molecule has 0 saturated heterocycles. The van der Waals surface area contributed by atoms with Gasteiger partial charge in [0.25, 0.3) is 0 Å². The van der Waals surface area contributed by atoms with Crippen LogP contribution in [0.2, 0.25) is 0 Å². The SMILES string of the molecule is COc1ccc(CNCc2ccc3ccccc3c2)cn1. The van der Waals surface area contributed by atoms with Gasteiger partial charge in [-0.05, 0) is 28.0 Å². The van der Waals surface area contributed by atoms with Crippen LogP contribution in [0, 0.1) is 0 Å². The third-order valence-corrected chi connectivity index (χ3v) is 3.48. The third-order valence-electron chi connectivity index (χ3n) is 3.48. The number of hydrogen-bond acceptors (Lipinski definition) is 3. The molecule has 3 aromatic rings. The summed E-state index contributed by atoms with van der Waals surface area (Å²) < 4.78 is 5.05. The number of pyridine rings is 1. The predicted molar refractivity (Wildman–Crippen MR) is 85.3 cm³/mol. The number of nitrogens with zero attached hydrogens (tertiary/aromatic N) is 1. The van der Waals surface area contributed by atoms with E-state index in [1.165, 1.54) is 16.3 Å². The molecule has 0 unspecified atom stereocenters. The van der Waals surface area contributed by atoms with Gasteiger partial charge < -0.3 is 10.1 Å². The lowest BCUT2D eigenvalue weighted by atomic mass is 10.1. The molecule has 1 heterocycles. The van der Waals surface area contributed by atoms with Crippen LogP contribution in [0.25, 0.3) is 10.8 Å². The lowest BCUT2D eigenvalue weighted by molar-refractivity contribution is 0.397. The number of fused-ring (bicyclic) bond motifs is 1. The quantitative estimate of drug-likeness (QED) is 0.775. The van der Waals surface area contributed by atoms with Crippen molar-refractivity contribution in [3.63, 3.8) is 0 Å². The average molecular weight is 278 g/mol. The summed E-state index contributed by atoms with van der Waals surface area (Å²) in [6.45, 7) is 1.64. The van der Waals surface area contributed by atoms with Crippen LogP contribution in [-0.4, -0.2) is 12.1 Å². The first-order valence-electron chi connectivity index (χ1n) is 7.02. The molecule has 0 spiro atoms. The van der Waals surface area contributed by atoms with Crippen LogP contribution in [0.4, 0.5) is 0 Å². The summed E-state index contributed by atoms with van der Waals surface area (Å²) >= 11 is 0. The molecule has 0 saturated carbocycles. The van der Waals surface area contributed by atoms with Crippen molar-refractivity contribution in [3.8, 4) is 5.88 Å². The lowest BCUT2D eigenvalue weighted by Gasteiger charge is -2.07. The van der Waals surface area contributed by atoms with Crippen molar-refractivity contribution in [2.75, 3.05) is 7.11 Å². The highest BCUT2D eigenvalue weighted by molar-refractivity contribution is 5.82. The van der Waals surface area contributed by atoms with Crippen LogP contribution in [0.3, 0.4) is 0 Å². The van der Waals surface area contributed by atoms with E-state index in [1.807, 2.05) is 18.3 Å². The van der Waals surface area contributed by atoms with Gasteiger partial charge in [-0.2, -0.15) is 0 Å². The fourth-order valence-corrected chi connectivity index (χ4v) is 2.34. The van der Waals surface area contributed by atoms with Gasteiger partial charge >= 0.3 is 0 Å². The fraction of sp³-hybridized carbons (Fsp3) is 0.167. The Morgan fingerprint density at radius 1 is 0.905 bits per heavy atom. The Morgan fingerprint density at radius 2 is 1.67 bits per heavy atom. The molecule has 0 aliphatic rings. The maximum atomic E-state index is 5.05. The first-order valence-corrected chi connectivity index (χ1v) is 7.02. The molecule has 3 rings (SSSR count). The van der Waals surface area contributed by atoms with Crippen LogP contribution < -0.4 is 10.1 Å². The van der Waals surface area contributed by atoms with Crippen molar-refractivity contribution in [1.29, 1.82) is 0 Å². The minimum atomic E-state index is 0.647. The maximum absolute atomic E-state index is 5.05. The molecule has 0 aliphatic heterocycles. The Hall–Kier alpha value is -2.39. The minimum Gasteiger partial charge on any atom is -0.481 e. The normalized spacial score (nSPS) is 10.7. The topological polar surface area (TPSA) is 34.1 Å². The van der Waals surface area contributed by atoms with Gasteiger partial charge in [0.05, 0.1) is 7.11 Å². The second-order valence-corrected chi connectivity index (χ2v) is 4.99. The average Bonchev–Trinajstić information content (AvgIpc) is 2.55. The van der Waals surface area contributed by atoms with E-state index in [1.54, 1.807) is 7.11 Å². The molecule has 106 valence electrons. The van der Waals surface area contributed by atoms with E-state index >= 15 is 0 Å². The Bertz CT molecular complexity index is 723. The number of ether oxygens (including phenoxy) is 1. The molecule has 3 heteroatoms. The first-order chi connectivity index (χ1) is 10.3. The zero-order valence-corrected chi connectivity index (χ0v) is 12.0. The summed E-state index contributed by atoms with van der Waals surface area (Å²) in [5.41, 5.74) is 2.44. The van der Waals surface area contributed by atoms with E-state index in [9.17, 15) is 0 Å². The molecule has 0 amide bonds. The van der Waals surface area contributed by atoms with Crippen LogP contribution >= 0.6 is 0 Å². The van der Waals surface area contributed by atoms with Gasteiger partial charge in [0.1, 0.15) is 0 Å². The lowest BCUT2D eigenvalue weighted by Crippen LogP contribution is -2.12. The van der Waals surface area contributed by atoms with Gasteiger partial charge in [-0.15, -0.1) is 0 Å². The monoisotopic (exact) mass is 278 g/mol. The Kier molecular flexibility index (Phi) is 4.12. The molecule has 0 radical (unpaired) electrons. The number of benzene rings is 2. The molecular weight excluding hydrogens is 260 g/mol. The highest BCUT2D eigenvalue weighted by Gasteiger charge is 1.98. The molecule has 0 aliphatic carbocycles. The van der Waals surface area contributed by atoms with Crippen molar-refractivity contribution in [3.05, 3.63) is 71.9 Å². The smallest absolute Gasteiger partial charge is 0.212 e. The summed E-state index contributed by atoms with van der Waals surface area (Å²) in [5.74, 6) is 0.647. The number of rotatable bonds is 5. The molecule has 0 bridgehead atoms. The predicted octanol–water partition coefficient (Wildman–Crippen LogP) is 3.53. The Balaban J connectivity index is 1.60. The van der Waals surface area contributed by atoms with Crippen molar-refractivity contribution in [2.24, 2.45) is 0 Å². The zero-order valence-electron chi connectivity index (χ0n) is 12.0. The van der Waals surface area contributed by atoms with Gasteiger partial charge in [-0.25, -0.2) is 4.98 Å². The minimum absolute atomic E-state index is 0.647. The summed E-state index contributed by atoms with van der Waals surface area (Å²) in [4.78, 5) is 4.20. The number of methoxy groups -OCH3 is 1. The van der Waals surface area contributed by atoms with Crippen molar-refractivity contribution in [2.45, 2.75) is 13.1 Å². The van der Waals surface area contributed by atoms with Crippen molar-refractivity contribution < 1.29 is 4.74 Å². The third kappa shape index (κ3) is 3.38. The van der Waals surface area contributed by atoms with E-state index in [0.717, 1.165) is 18.7 Å². The van der Waals surface area contributed by atoms with E-state index in [0.29, 0.717) is 5.88 Å². The van der Waals surface area contributed by atoms with E-state index in [2.05, 4.69) is 52.8 Å². The van der Waals surface area contributed by atoms with Crippen molar-refractivity contribution in [1.82, 2.24) is 10.3 Å². The summed E-state index contributed by atoms with van der Waals surface area (Å²) in [6, 6.07) is 18.9. The van der Waals surface area contributed by atoms with E-state index in [-0.39, 0.29) is 0 Å². The van der Waals surface area contributed by atoms with Gasteiger partial charge in [-0.3, -0.25) is 0 Å². The molecular formula is C18H18N2O. The van der Waals surface area contributed by atoms with E-state index in [4.69, 9.17) is 4.74 Å². The van der Waals surface area contributed by atoms with E-state index < -0.39 is 0 Å². The molecule has 0 atom stereocenters. The van der Waals surface area contributed by atoms with Gasteiger partial charge in [-0.1, -0.05) is 42.5 Å². The maximum Gasteiger partial charge on any atom is 0.212 e. The van der Waals surface area contributed by atoms with Crippen LogP contribution in [0.1, 0.15) is 11.1 Å². The number of aromatic nitrogens is 1. The Labute approximate surface area is 124 Å². The second-order valence-electron chi connectivity index (χ2n) is 4.99. The molecule has 1 N–H and O–H groups in total. The molecule has 0 fully saturated rings. The zero-order chi connectivity index (χ0) is 14.5. The van der Waals surface area contributed by atoms with Crippen LogP contribution in [0.5, 0.6) is 5.88 Å². The van der Waals surface area contributed by atoms with Crippen LogP contribution in [-0.2, 0) is 13.1 Å².